The monoisotopic (exact) mass is 242 g/mol. The molecular weight excluding hydrogens is 228 g/mol. The van der Waals surface area contributed by atoms with Gasteiger partial charge in [0.2, 0.25) is 0 Å². The Kier molecular flexibility index (Phi) is 3.02. The van der Waals surface area contributed by atoms with Crippen LogP contribution in [-0.4, -0.2) is 16.1 Å². The molecule has 3 N–H and O–H groups in total. The maximum atomic E-state index is 11.3. The molecule has 92 valence electrons. The van der Waals surface area contributed by atoms with Gasteiger partial charge in [-0.05, 0) is 31.0 Å². The number of aryl methyl sites for hydroxylation is 2. The van der Waals surface area contributed by atoms with E-state index in [4.69, 9.17) is 5.73 Å². The third-order valence-electron chi connectivity index (χ3n) is 2.84. The Hall–Kier alpha value is -2.36. The Labute approximate surface area is 105 Å². The van der Waals surface area contributed by atoms with Gasteiger partial charge in [0.1, 0.15) is 5.82 Å². The molecule has 0 atom stereocenters. The Morgan fingerprint density at radius 1 is 1.22 bits per heavy atom. The van der Waals surface area contributed by atoms with Crippen LogP contribution in [0, 0.1) is 13.8 Å². The first-order valence-electron chi connectivity index (χ1n) is 5.55. The number of anilines is 1. The number of nitrogens with two attached hydrogens (primary N) is 1. The van der Waals surface area contributed by atoms with E-state index < -0.39 is 5.97 Å². The van der Waals surface area contributed by atoms with E-state index in [2.05, 4.69) is 4.98 Å². The van der Waals surface area contributed by atoms with Crippen molar-refractivity contribution in [1.82, 2.24) is 4.98 Å². The molecule has 0 aliphatic carbocycles. The van der Waals surface area contributed by atoms with Crippen LogP contribution in [0.15, 0.2) is 30.5 Å². The van der Waals surface area contributed by atoms with E-state index >= 15 is 0 Å². The minimum Gasteiger partial charge on any atom is -0.478 e. The minimum absolute atomic E-state index is 0.177. The largest absolute Gasteiger partial charge is 0.478 e. The summed E-state index contributed by atoms with van der Waals surface area (Å²) in [6.07, 6.45) is 1.51. The average Bonchev–Trinajstić information content (AvgIpc) is 2.32. The third-order valence-corrected chi connectivity index (χ3v) is 2.84. The number of rotatable bonds is 2. The van der Waals surface area contributed by atoms with E-state index in [-0.39, 0.29) is 11.4 Å². The molecule has 4 heteroatoms. The van der Waals surface area contributed by atoms with Gasteiger partial charge in [0, 0.05) is 11.8 Å². The summed E-state index contributed by atoms with van der Waals surface area (Å²) in [5.41, 5.74) is 9.27. The van der Waals surface area contributed by atoms with E-state index in [0.717, 1.165) is 16.7 Å². The standard InChI is InChI=1S/C14H14N2O2/c1-8-3-4-9(2)10(5-8)12-7-16-13(15)6-11(12)14(17)18/h3-7H,1-2H3,(H2,15,16)(H,17,18). The van der Waals surface area contributed by atoms with Crippen molar-refractivity contribution in [2.45, 2.75) is 13.8 Å². The van der Waals surface area contributed by atoms with E-state index in [1.165, 1.54) is 12.3 Å². The quantitative estimate of drug-likeness (QED) is 0.848. The topological polar surface area (TPSA) is 76.2 Å². The Morgan fingerprint density at radius 3 is 2.61 bits per heavy atom. The SMILES string of the molecule is Cc1ccc(C)c(-c2cnc(N)cc2C(=O)O)c1. The van der Waals surface area contributed by atoms with Crippen LogP contribution in [0.3, 0.4) is 0 Å². The van der Waals surface area contributed by atoms with Gasteiger partial charge < -0.3 is 10.8 Å². The molecule has 0 unspecified atom stereocenters. The molecule has 0 aliphatic rings. The molecule has 0 saturated heterocycles. The third kappa shape index (κ3) is 2.18. The first kappa shape index (κ1) is 12.1. The van der Waals surface area contributed by atoms with E-state index in [1.807, 2.05) is 32.0 Å². The van der Waals surface area contributed by atoms with Gasteiger partial charge in [-0.3, -0.25) is 0 Å². The molecule has 0 amide bonds. The van der Waals surface area contributed by atoms with Crippen LogP contribution in [0.5, 0.6) is 0 Å². The van der Waals surface area contributed by atoms with Crippen molar-refractivity contribution in [3.05, 3.63) is 47.2 Å². The van der Waals surface area contributed by atoms with Crippen molar-refractivity contribution in [2.75, 3.05) is 5.73 Å². The number of carboxylic acid groups (broad SMARTS) is 1. The van der Waals surface area contributed by atoms with E-state index in [9.17, 15) is 9.90 Å². The van der Waals surface area contributed by atoms with Gasteiger partial charge in [-0.15, -0.1) is 0 Å². The molecule has 1 aromatic carbocycles. The second-order valence-electron chi connectivity index (χ2n) is 4.28. The van der Waals surface area contributed by atoms with Crippen LogP contribution >= 0.6 is 0 Å². The van der Waals surface area contributed by atoms with Gasteiger partial charge in [-0.1, -0.05) is 23.8 Å². The zero-order chi connectivity index (χ0) is 13.3. The number of carboxylic acids is 1. The van der Waals surface area contributed by atoms with Crippen LogP contribution in [-0.2, 0) is 0 Å². The van der Waals surface area contributed by atoms with Crippen LogP contribution in [0.4, 0.5) is 5.82 Å². The lowest BCUT2D eigenvalue weighted by Crippen LogP contribution is -2.03. The molecule has 0 spiro atoms. The maximum Gasteiger partial charge on any atom is 0.336 e. The molecule has 0 fully saturated rings. The molecule has 2 rings (SSSR count). The van der Waals surface area contributed by atoms with Crippen LogP contribution in [0.25, 0.3) is 11.1 Å². The molecule has 0 bridgehead atoms. The normalized spacial score (nSPS) is 10.3. The summed E-state index contributed by atoms with van der Waals surface area (Å²) in [4.78, 5) is 15.2. The van der Waals surface area contributed by atoms with Crippen molar-refractivity contribution in [3.8, 4) is 11.1 Å². The molecule has 1 heterocycles. The molecule has 2 aromatic rings. The molecule has 18 heavy (non-hydrogen) atoms. The number of carbonyl (C=O) groups is 1. The van der Waals surface area contributed by atoms with Crippen LogP contribution in [0.2, 0.25) is 0 Å². The number of aromatic nitrogens is 1. The van der Waals surface area contributed by atoms with E-state index in [1.54, 1.807) is 0 Å². The Morgan fingerprint density at radius 2 is 1.94 bits per heavy atom. The highest BCUT2D eigenvalue weighted by Gasteiger charge is 2.14. The van der Waals surface area contributed by atoms with Gasteiger partial charge >= 0.3 is 5.97 Å². The number of hydrogen-bond donors (Lipinski definition) is 2. The van der Waals surface area contributed by atoms with Crippen molar-refractivity contribution < 1.29 is 9.90 Å². The van der Waals surface area contributed by atoms with Crippen molar-refractivity contribution >= 4 is 11.8 Å². The Balaban J connectivity index is 2.70. The van der Waals surface area contributed by atoms with Crippen molar-refractivity contribution in [3.63, 3.8) is 0 Å². The van der Waals surface area contributed by atoms with E-state index in [0.29, 0.717) is 5.56 Å². The fourth-order valence-electron chi connectivity index (χ4n) is 1.89. The lowest BCUT2D eigenvalue weighted by molar-refractivity contribution is 0.0697. The number of nitrogens with zero attached hydrogens (tertiary/aromatic N) is 1. The predicted octanol–water partition coefficient (Wildman–Crippen LogP) is 2.65. The smallest absolute Gasteiger partial charge is 0.336 e. The zero-order valence-corrected chi connectivity index (χ0v) is 10.3. The van der Waals surface area contributed by atoms with Gasteiger partial charge in [-0.2, -0.15) is 0 Å². The molecule has 0 radical (unpaired) electrons. The maximum absolute atomic E-state index is 11.3. The second-order valence-corrected chi connectivity index (χ2v) is 4.28. The Bertz CT molecular complexity index is 621. The molecule has 0 saturated carbocycles. The van der Waals surface area contributed by atoms with Crippen molar-refractivity contribution in [2.24, 2.45) is 0 Å². The van der Waals surface area contributed by atoms with Crippen LogP contribution < -0.4 is 5.73 Å². The number of benzene rings is 1. The second kappa shape index (κ2) is 4.49. The van der Waals surface area contributed by atoms with Gasteiger partial charge in [0.15, 0.2) is 0 Å². The number of pyridine rings is 1. The fraction of sp³-hybridized carbons (Fsp3) is 0.143. The van der Waals surface area contributed by atoms with Gasteiger partial charge in [-0.25, -0.2) is 9.78 Å². The average molecular weight is 242 g/mol. The zero-order valence-electron chi connectivity index (χ0n) is 10.3. The molecule has 0 aliphatic heterocycles. The predicted molar refractivity (Wildman–Crippen MR) is 70.5 cm³/mol. The molecule has 1 aromatic heterocycles. The summed E-state index contributed by atoms with van der Waals surface area (Å²) >= 11 is 0. The first-order chi connectivity index (χ1) is 8.49. The summed E-state index contributed by atoms with van der Waals surface area (Å²) in [6, 6.07) is 7.30. The minimum atomic E-state index is -1.000. The summed E-state index contributed by atoms with van der Waals surface area (Å²) in [6.45, 7) is 3.91. The number of aromatic carboxylic acids is 1. The number of hydrogen-bond acceptors (Lipinski definition) is 3. The summed E-state index contributed by atoms with van der Waals surface area (Å²) < 4.78 is 0. The molecular formula is C14H14N2O2. The lowest BCUT2D eigenvalue weighted by atomic mass is 9.96. The molecule has 4 nitrogen and oxygen atoms in total. The summed E-state index contributed by atoms with van der Waals surface area (Å²) in [5.74, 6) is -0.790. The summed E-state index contributed by atoms with van der Waals surface area (Å²) in [5, 5.41) is 9.23. The highest BCUT2D eigenvalue weighted by molar-refractivity contribution is 5.97. The van der Waals surface area contributed by atoms with Gasteiger partial charge in [0.25, 0.3) is 0 Å². The highest BCUT2D eigenvalue weighted by atomic mass is 16.4. The number of nitrogen functional groups attached to an aromatic ring is 1. The van der Waals surface area contributed by atoms with Gasteiger partial charge in [0.05, 0.1) is 5.56 Å². The lowest BCUT2D eigenvalue weighted by Gasteiger charge is -2.10. The first-order valence-corrected chi connectivity index (χ1v) is 5.55. The fourth-order valence-corrected chi connectivity index (χ4v) is 1.89. The van der Waals surface area contributed by atoms with Crippen LogP contribution in [0.1, 0.15) is 21.5 Å². The summed E-state index contributed by atoms with van der Waals surface area (Å²) in [7, 11) is 0. The van der Waals surface area contributed by atoms with Crippen molar-refractivity contribution in [1.29, 1.82) is 0 Å². The highest BCUT2D eigenvalue weighted by Crippen LogP contribution is 2.28.